The van der Waals surface area contributed by atoms with Gasteiger partial charge in [0.2, 0.25) is 5.91 Å². The average Bonchev–Trinajstić information content (AvgIpc) is 2.81. The molecule has 0 radical (unpaired) electrons. The van der Waals surface area contributed by atoms with Gasteiger partial charge < -0.3 is 15.3 Å². The van der Waals surface area contributed by atoms with Crippen LogP contribution < -0.4 is 10.2 Å². The van der Waals surface area contributed by atoms with Crippen LogP contribution in [0.3, 0.4) is 0 Å². The number of carbonyl (C=O) groups is 1. The maximum absolute atomic E-state index is 11.7. The standard InChI is InChI=1S/C13H17N3O2/c17-8-9-3-4-12(14-6-9)16-5-1-2-10-11(16)7-15-13(10)18/h3-4,6,10-11,17H,1-2,5,7-8H2,(H,15,18). The first-order chi connectivity index (χ1) is 8.79. The van der Waals surface area contributed by atoms with Crippen LogP contribution >= 0.6 is 0 Å². The summed E-state index contributed by atoms with van der Waals surface area (Å²) in [5, 5.41) is 12.0. The monoisotopic (exact) mass is 247 g/mol. The summed E-state index contributed by atoms with van der Waals surface area (Å²) in [5.41, 5.74) is 0.813. The lowest BCUT2D eigenvalue weighted by atomic mass is 9.91. The quantitative estimate of drug-likeness (QED) is 0.788. The Hall–Kier alpha value is -1.62. The summed E-state index contributed by atoms with van der Waals surface area (Å²) < 4.78 is 0. The second-order valence-electron chi connectivity index (χ2n) is 4.94. The molecule has 2 fully saturated rings. The van der Waals surface area contributed by atoms with Crippen molar-refractivity contribution in [2.75, 3.05) is 18.0 Å². The average molecular weight is 247 g/mol. The number of rotatable bonds is 2. The summed E-state index contributed by atoms with van der Waals surface area (Å²) in [6, 6.07) is 4.05. The van der Waals surface area contributed by atoms with Crippen molar-refractivity contribution >= 4 is 11.7 Å². The summed E-state index contributed by atoms with van der Waals surface area (Å²) in [6.07, 6.45) is 3.70. The Balaban J connectivity index is 1.84. The van der Waals surface area contributed by atoms with Crippen LogP contribution in [0.4, 0.5) is 5.82 Å². The molecule has 2 N–H and O–H groups in total. The molecule has 2 unspecified atom stereocenters. The first-order valence-electron chi connectivity index (χ1n) is 6.40. The minimum atomic E-state index is 0.0133. The van der Waals surface area contributed by atoms with Crippen molar-refractivity contribution < 1.29 is 9.90 Å². The van der Waals surface area contributed by atoms with E-state index < -0.39 is 0 Å². The Labute approximate surface area is 106 Å². The molecule has 3 rings (SSSR count). The smallest absolute Gasteiger partial charge is 0.225 e. The van der Waals surface area contributed by atoms with E-state index in [2.05, 4.69) is 15.2 Å². The lowest BCUT2D eigenvalue weighted by Crippen LogP contribution is -2.46. The van der Waals surface area contributed by atoms with Gasteiger partial charge in [0, 0.05) is 19.3 Å². The highest BCUT2D eigenvalue weighted by molar-refractivity contribution is 5.83. The number of hydrogen-bond donors (Lipinski definition) is 2. The Morgan fingerprint density at radius 2 is 2.39 bits per heavy atom. The van der Waals surface area contributed by atoms with Gasteiger partial charge in [0.05, 0.1) is 18.6 Å². The van der Waals surface area contributed by atoms with E-state index in [0.29, 0.717) is 6.54 Å². The predicted molar refractivity (Wildman–Crippen MR) is 67.0 cm³/mol. The van der Waals surface area contributed by atoms with Crippen molar-refractivity contribution in [1.29, 1.82) is 0 Å². The van der Waals surface area contributed by atoms with Gasteiger partial charge in [-0.1, -0.05) is 6.07 Å². The zero-order chi connectivity index (χ0) is 12.5. The number of nitrogens with zero attached hydrogens (tertiary/aromatic N) is 2. The van der Waals surface area contributed by atoms with Gasteiger partial charge in [0.1, 0.15) is 5.82 Å². The molecular formula is C13H17N3O2. The number of pyridine rings is 1. The Kier molecular flexibility index (Phi) is 2.91. The topological polar surface area (TPSA) is 65.5 Å². The SMILES string of the molecule is O=C1NCC2C1CCCN2c1ccc(CO)cn1. The van der Waals surface area contributed by atoms with Gasteiger partial charge in [-0.15, -0.1) is 0 Å². The van der Waals surface area contributed by atoms with Gasteiger partial charge in [0.25, 0.3) is 0 Å². The van der Waals surface area contributed by atoms with E-state index in [1.807, 2.05) is 12.1 Å². The molecule has 0 aliphatic carbocycles. The maximum atomic E-state index is 11.7. The number of aliphatic hydroxyl groups is 1. The summed E-state index contributed by atoms with van der Waals surface area (Å²) in [4.78, 5) is 18.3. The molecule has 3 heterocycles. The van der Waals surface area contributed by atoms with Crippen molar-refractivity contribution in [3.05, 3.63) is 23.9 Å². The van der Waals surface area contributed by atoms with E-state index in [0.717, 1.165) is 30.8 Å². The van der Waals surface area contributed by atoms with Gasteiger partial charge in [-0.2, -0.15) is 0 Å². The fourth-order valence-corrected chi connectivity index (χ4v) is 2.92. The van der Waals surface area contributed by atoms with E-state index in [1.165, 1.54) is 0 Å². The molecule has 0 spiro atoms. The number of hydrogen-bond acceptors (Lipinski definition) is 4. The van der Waals surface area contributed by atoms with Crippen molar-refractivity contribution in [1.82, 2.24) is 10.3 Å². The maximum Gasteiger partial charge on any atom is 0.225 e. The second kappa shape index (κ2) is 4.57. The van der Waals surface area contributed by atoms with Gasteiger partial charge in [0.15, 0.2) is 0 Å². The number of fused-ring (bicyclic) bond motifs is 1. The largest absolute Gasteiger partial charge is 0.392 e. The number of amides is 1. The van der Waals surface area contributed by atoms with Crippen LogP contribution in [0, 0.1) is 5.92 Å². The zero-order valence-electron chi connectivity index (χ0n) is 10.2. The predicted octanol–water partition coefficient (Wildman–Crippen LogP) is 0.289. The number of anilines is 1. The van der Waals surface area contributed by atoms with Crippen LogP contribution in [0.5, 0.6) is 0 Å². The van der Waals surface area contributed by atoms with Crippen LogP contribution in [-0.2, 0) is 11.4 Å². The van der Waals surface area contributed by atoms with E-state index in [4.69, 9.17) is 5.11 Å². The number of nitrogens with one attached hydrogen (secondary N) is 1. The van der Waals surface area contributed by atoms with E-state index in [9.17, 15) is 4.79 Å². The molecule has 0 aromatic carbocycles. The van der Waals surface area contributed by atoms with Gasteiger partial charge in [-0.25, -0.2) is 4.98 Å². The molecule has 5 nitrogen and oxygen atoms in total. The molecule has 1 aromatic heterocycles. The lowest BCUT2D eigenvalue weighted by molar-refractivity contribution is -0.122. The molecule has 5 heteroatoms. The van der Waals surface area contributed by atoms with Crippen LogP contribution in [-0.4, -0.2) is 35.1 Å². The fraction of sp³-hybridized carbons (Fsp3) is 0.538. The summed E-state index contributed by atoms with van der Waals surface area (Å²) in [6.45, 7) is 1.67. The number of piperidine rings is 1. The highest BCUT2D eigenvalue weighted by Gasteiger charge is 2.41. The molecule has 2 aliphatic heterocycles. The normalized spacial score (nSPS) is 26.9. The molecule has 1 aromatic rings. The van der Waals surface area contributed by atoms with Gasteiger partial charge >= 0.3 is 0 Å². The van der Waals surface area contributed by atoms with E-state index in [1.54, 1.807) is 6.20 Å². The first-order valence-corrected chi connectivity index (χ1v) is 6.40. The van der Waals surface area contributed by atoms with Crippen molar-refractivity contribution in [2.45, 2.75) is 25.5 Å². The molecule has 1 amide bonds. The molecule has 0 bridgehead atoms. The van der Waals surface area contributed by atoms with Crippen LogP contribution in [0.25, 0.3) is 0 Å². The third-order valence-electron chi connectivity index (χ3n) is 3.89. The van der Waals surface area contributed by atoms with Crippen molar-refractivity contribution in [2.24, 2.45) is 5.92 Å². The van der Waals surface area contributed by atoms with Gasteiger partial charge in [-0.3, -0.25) is 4.79 Å². The Morgan fingerprint density at radius 1 is 1.50 bits per heavy atom. The fourth-order valence-electron chi connectivity index (χ4n) is 2.92. The highest BCUT2D eigenvalue weighted by Crippen LogP contribution is 2.30. The molecule has 18 heavy (non-hydrogen) atoms. The molecule has 0 saturated carbocycles. The second-order valence-corrected chi connectivity index (χ2v) is 4.94. The number of carbonyl (C=O) groups excluding carboxylic acids is 1. The minimum absolute atomic E-state index is 0.0133. The lowest BCUT2D eigenvalue weighted by Gasteiger charge is -2.36. The van der Waals surface area contributed by atoms with Crippen molar-refractivity contribution in [3.8, 4) is 0 Å². The third kappa shape index (κ3) is 1.84. The number of aromatic nitrogens is 1. The van der Waals surface area contributed by atoms with Crippen molar-refractivity contribution in [3.63, 3.8) is 0 Å². The third-order valence-corrected chi connectivity index (χ3v) is 3.89. The van der Waals surface area contributed by atoms with E-state index in [-0.39, 0.29) is 24.5 Å². The minimum Gasteiger partial charge on any atom is -0.392 e. The first kappa shape index (κ1) is 11.5. The van der Waals surface area contributed by atoms with Crippen LogP contribution in [0.2, 0.25) is 0 Å². The summed E-state index contributed by atoms with van der Waals surface area (Å²) >= 11 is 0. The molecular weight excluding hydrogens is 230 g/mol. The van der Waals surface area contributed by atoms with E-state index >= 15 is 0 Å². The molecule has 2 saturated heterocycles. The zero-order valence-corrected chi connectivity index (χ0v) is 10.2. The van der Waals surface area contributed by atoms with Crippen LogP contribution in [0.15, 0.2) is 18.3 Å². The summed E-state index contributed by atoms with van der Waals surface area (Å²) in [5.74, 6) is 1.19. The molecule has 2 aliphatic rings. The molecule has 2 atom stereocenters. The van der Waals surface area contributed by atoms with Gasteiger partial charge in [-0.05, 0) is 24.5 Å². The Bertz CT molecular complexity index is 446. The highest BCUT2D eigenvalue weighted by atomic mass is 16.3. The Morgan fingerprint density at radius 3 is 3.11 bits per heavy atom. The summed E-state index contributed by atoms with van der Waals surface area (Å²) in [7, 11) is 0. The molecule has 96 valence electrons. The number of aliphatic hydroxyl groups excluding tert-OH is 1. The van der Waals surface area contributed by atoms with Crippen LogP contribution in [0.1, 0.15) is 18.4 Å².